The standard InChI is InChI=1S/C19H23N5O4/c1-22-7-9-23(10-8-22)18-6-3-14(12-20-18)13-21-19(25)16-11-15(24(26)27)4-5-17(16)28-2/h3-6,11-12H,7-10,13H2,1-2H3,(H,21,25). The van der Waals surface area contributed by atoms with Gasteiger partial charge in [0.15, 0.2) is 0 Å². The third-order valence-electron chi connectivity index (χ3n) is 4.73. The molecule has 1 aliphatic rings. The van der Waals surface area contributed by atoms with Gasteiger partial charge in [-0.3, -0.25) is 14.9 Å². The zero-order chi connectivity index (χ0) is 20.1. The Morgan fingerprint density at radius 2 is 2.00 bits per heavy atom. The number of amides is 1. The summed E-state index contributed by atoms with van der Waals surface area (Å²) in [6.07, 6.45) is 1.73. The molecule has 9 heteroatoms. The Kier molecular flexibility index (Phi) is 6.05. The van der Waals surface area contributed by atoms with Gasteiger partial charge in [-0.05, 0) is 24.7 Å². The van der Waals surface area contributed by atoms with E-state index in [0.29, 0.717) is 0 Å². The zero-order valence-corrected chi connectivity index (χ0v) is 15.9. The topological polar surface area (TPSA) is 101 Å². The van der Waals surface area contributed by atoms with E-state index in [4.69, 9.17) is 4.74 Å². The van der Waals surface area contributed by atoms with Gasteiger partial charge in [-0.2, -0.15) is 0 Å². The smallest absolute Gasteiger partial charge is 0.270 e. The molecule has 2 aromatic rings. The highest BCUT2D eigenvalue weighted by atomic mass is 16.6. The second-order valence-electron chi connectivity index (χ2n) is 6.64. The fraction of sp³-hybridized carbons (Fsp3) is 0.368. The number of benzene rings is 1. The third-order valence-corrected chi connectivity index (χ3v) is 4.73. The fourth-order valence-electron chi connectivity index (χ4n) is 3.01. The first-order valence-corrected chi connectivity index (χ1v) is 8.97. The molecule has 1 aromatic carbocycles. The van der Waals surface area contributed by atoms with E-state index in [1.165, 1.54) is 25.3 Å². The van der Waals surface area contributed by atoms with Crippen molar-refractivity contribution in [3.05, 3.63) is 57.8 Å². The molecule has 3 rings (SSSR count). The van der Waals surface area contributed by atoms with Crippen molar-refractivity contribution in [2.24, 2.45) is 0 Å². The first-order chi connectivity index (χ1) is 13.5. The van der Waals surface area contributed by atoms with E-state index in [1.807, 2.05) is 12.1 Å². The molecule has 0 aliphatic carbocycles. The van der Waals surface area contributed by atoms with Crippen LogP contribution in [-0.2, 0) is 6.54 Å². The van der Waals surface area contributed by atoms with Crippen molar-refractivity contribution in [1.29, 1.82) is 0 Å². The molecule has 0 saturated carbocycles. The van der Waals surface area contributed by atoms with Crippen molar-refractivity contribution in [1.82, 2.24) is 15.2 Å². The summed E-state index contributed by atoms with van der Waals surface area (Å²) in [6.45, 7) is 4.15. The summed E-state index contributed by atoms with van der Waals surface area (Å²) in [5.74, 6) is 0.763. The highest BCUT2D eigenvalue weighted by Crippen LogP contribution is 2.24. The van der Waals surface area contributed by atoms with Gasteiger partial charge >= 0.3 is 0 Å². The highest BCUT2D eigenvalue weighted by Gasteiger charge is 2.18. The van der Waals surface area contributed by atoms with Crippen LogP contribution in [0.4, 0.5) is 11.5 Å². The number of methoxy groups -OCH3 is 1. The SMILES string of the molecule is COc1ccc([N+](=O)[O-])cc1C(=O)NCc1ccc(N2CCN(C)CC2)nc1. The first-order valence-electron chi connectivity index (χ1n) is 8.97. The average Bonchev–Trinajstić information content (AvgIpc) is 2.72. The quantitative estimate of drug-likeness (QED) is 0.596. The van der Waals surface area contributed by atoms with Crippen molar-refractivity contribution in [2.45, 2.75) is 6.54 Å². The van der Waals surface area contributed by atoms with Crippen LogP contribution in [0.1, 0.15) is 15.9 Å². The van der Waals surface area contributed by atoms with E-state index in [-0.39, 0.29) is 23.5 Å². The maximum atomic E-state index is 12.5. The Morgan fingerprint density at radius 3 is 2.61 bits per heavy atom. The van der Waals surface area contributed by atoms with Gasteiger partial charge in [0.2, 0.25) is 0 Å². The Bertz CT molecular complexity index is 848. The number of ether oxygens (including phenoxy) is 1. The average molecular weight is 385 g/mol. The van der Waals surface area contributed by atoms with Crippen LogP contribution < -0.4 is 15.0 Å². The molecule has 1 aliphatic heterocycles. The molecule has 1 aromatic heterocycles. The van der Waals surface area contributed by atoms with Crippen molar-refractivity contribution >= 4 is 17.4 Å². The molecule has 1 fully saturated rings. The monoisotopic (exact) mass is 385 g/mol. The Hall–Kier alpha value is -3.20. The van der Waals surface area contributed by atoms with Gasteiger partial charge in [-0.15, -0.1) is 0 Å². The predicted molar refractivity (Wildman–Crippen MR) is 105 cm³/mol. The molecule has 0 spiro atoms. The number of likely N-dealkylation sites (N-methyl/N-ethyl adjacent to an activating group) is 1. The molecular formula is C19H23N5O4. The van der Waals surface area contributed by atoms with E-state index < -0.39 is 10.8 Å². The third kappa shape index (κ3) is 4.55. The predicted octanol–water partition coefficient (Wildman–Crippen LogP) is 1.68. The lowest BCUT2D eigenvalue weighted by atomic mass is 10.1. The minimum atomic E-state index is -0.544. The molecule has 28 heavy (non-hydrogen) atoms. The summed E-state index contributed by atoms with van der Waals surface area (Å²) in [5, 5.41) is 13.7. The molecule has 1 saturated heterocycles. The van der Waals surface area contributed by atoms with E-state index in [9.17, 15) is 14.9 Å². The van der Waals surface area contributed by atoms with Crippen LogP contribution >= 0.6 is 0 Å². The van der Waals surface area contributed by atoms with Crippen LogP contribution in [0.3, 0.4) is 0 Å². The van der Waals surface area contributed by atoms with Gasteiger partial charge in [-0.25, -0.2) is 4.98 Å². The number of non-ortho nitro benzene ring substituents is 1. The number of nitrogens with zero attached hydrogens (tertiary/aromatic N) is 4. The van der Waals surface area contributed by atoms with Gasteiger partial charge in [0.25, 0.3) is 11.6 Å². The lowest BCUT2D eigenvalue weighted by Crippen LogP contribution is -2.44. The van der Waals surface area contributed by atoms with Crippen molar-refractivity contribution in [2.75, 3.05) is 45.2 Å². The summed E-state index contributed by atoms with van der Waals surface area (Å²) in [5.41, 5.74) is 0.804. The molecular weight excluding hydrogens is 362 g/mol. The van der Waals surface area contributed by atoms with Crippen molar-refractivity contribution in [3.63, 3.8) is 0 Å². The number of nitro benzene ring substituents is 1. The van der Waals surface area contributed by atoms with Crippen LogP contribution in [0.15, 0.2) is 36.5 Å². The van der Waals surface area contributed by atoms with Gasteiger partial charge in [0.1, 0.15) is 11.6 Å². The summed E-state index contributed by atoms with van der Waals surface area (Å²) < 4.78 is 5.14. The minimum absolute atomic E-state index is 0.124. The number of hydrogen-bond acceptors (Lipinski definition) is 7. The fourth-order valence-corrected chi connectivity index (χ4v) is 3.01. The number of piperazine rings is 1. The minimum Gasteiger partial charge on any atom is -0.496 e. The van der Waals surface area contributed by atoms with Crippen LogP contribution in [0.25, 0.3) is 0 Å². The second-order valence-corrected chi connectivity index (χ2v) is 6.64. The lowest BCUT2D eigenvalue weighted by molar-refractivity contribution is -0.384. The molecule has 9 nitrogen and oxygen atoms in total. The zero-order valence-electron chi connectivity index (χ0n) is 15.9. The molecule has 0 atom stereocenters. The van der Waals surface area contributed by atoms with E-state index in [2.05, 4.69) is 27.1 Å². The summed E-state index contributed by atoms with van der Waals surface area (Å²) in [7, 11) is 3.52. The molecule has 148 valence electrons. The van der Waals surface area contributed by atoms with Crippen LogP contribution in [0.2, 0.25) is 0 Å². The Morgan fingerprint density at radius 1 is 1.25 bits per heavy atom. The molecule has 1 amide bonds. The van der Waals surface area contributed by atoms with E-state index >= 15 is 0 Å². The number of anilines is 1. The number of aromatic nitrogens is 1. The number of hydrogen-bond donors (Lipinski definition) is 1. The molecule has 0 radical (unpaired) electrons. The number of nitro groups is 1. The summed E-state index contributed by atoms with van der Waals surface area (Å²) in [6, 6.07) is 7.80. The summed E-state index contributed by atoms with van der Waals surface area (Å²) >= 11 is 0. The molecule has 0 unspecified atom stereocenters. The van der Waals surface area contributed by atoms with Gasteiger partial charge < -0.3 is 19.9 Å². The number of nitrogens with one attached hydrogen (secondary N) is 1. The second kappa shape index (κ2) is 8.66. The molecule has 1 N–H and O–H groups in total. The van der Waals surface area contributed by atoms with Gasteiger partial charge in [0.05, 0.1) is 17.6 Å². The maximum absolute atomic E-state index is 12.5. The number of carbonyl (C=O) groups is 1. The Labute approximate surface area is 163 Å². The number of pyridine rings is 1. The van der Waals surface area contributed by atoms with Gasteiger partial charge in [-0.1, -0.05) is 6.07 Å². The first kappa shape index (κ1) is 19.6. The van der Waals surface area contributed by atoms with Crippen molar-refractivity contribution in [3.8, 4) is 5.75 Å². The molecule has 0 bridgehead atoms. The maximum Gasteiger partial charge on any atom is 0.270 e. The summed E-state index contributed by atoms with van der Waals surface area (Å²) in [4.78, 5) is 31.9. The number of rotatable bonds is 6. The Balaban J connectivity index is 1.63. The van der Waals surface area contributed by atoms with Crippen LogP contribution in [-0.4, -0.2) is 61.1 Å². The normalized spacial score (nSPS) is 14.6. The lowest BCUT2D eigenvalue weighted by Gasteiger charge is -2.33. The van der Waals surface area contributed by atoms with Gasteiger partial charge in [0, 0.05) is 51.1 Å². The van der Waals surface area contributed by atoms with Crippen LogP contribution in [0, 0.1) is 10.1 Å². The highest BCUT2D eigenvalue weighted by molar-refractivity contribution is 5.97. The molecule has 2 heterocycles. The largest absolute Gasteiger partial charge is 0.496 e. The van der Waals surface area contributed by atoms with E-state index in [0.717, 1.165) is 37.6 Å². The number of carbonyl (C=O) groups excluding carboxylic acids is 1. The van der Waals surface area contributed by atoms with E-state index in [1.54, 1.807) is 6.20 Å². The van der Waals surface area contributed by atoms with Crippen LogP contribution in [0.5, 0.6) is 5.75 Å². The van der Waals surface area contributed by atoms with Crippen molar-refractivity contribution < 1.29 is 14.5 Å².